The van der Waals surface area contributed by atoms with Crippen molar-refractivity contribution in [1.82, 2.24) is 15.5 Å². The first-order chi connectivity index (χ1) is 8.74. The van der Waals surface area contributed by atoms with Crippen molar-refractivity contribution in [2.45, 2.75) is 56.7 Å². The first-order valence-electron chi connectivity index (χ1n) is 7.47. The Morgan fingerprint density at radius 3 is 2.61 bits per heavy atom. The first-order valence-corrected chi connectivity index (χ1v) is 7.47. The second kappa shape index (κ2) is 5.17. The molecule has 102 valence electrons. The molecule has 0 aliphatic carbocycles. The van der Waals surface area contributed by atoms with Gasteiger partial charge in [-0.3, -0.25) is 4.79 Å². The smallest absolute Gasteiger partial charge is 0.237 e. The predicted octanol–water partition coefficient (Wildman–Crippen LogP) is 0.727. The van der Waals surface area contributed by atoms with Crippen molar-refractivity contribution in [3.05, 3.63) is 0 Å². The van der Waals surface area contributed by atoms with E-state index in [4.69, 9.17) is 0 Å². The van der Waals surface area contributed by atoms with Crippen molar-refractivity contribution in [3.8, 4) is 0 Å². The summed E-state index contributed by atoms with van der Waals surface area (Å²) in [7, 11) is 2.26. The standard InChI is InChI=1S/C14H25N3O/c1-17-11-4-5-12(17)8-10(7-11)9-16-14(18)13-3-2-6-15-13/h10-13,15H,2-9H2,1H3,(H,16,18)/t10?,11?,12?,13-/m0/s1. The third-order valence-electron chi connectivity index (χ3n) is 5.14. The van der Waals surface area contributed by atoms with Gasteiger partial charge in [-0.1, -0.05) is 0 Å². The summed E-state index contributed by atoms with van der Waals surface area (Å²) >= 11 is 0. The Hall–Kier alpha value is -0.610. The second-order valence-electron chi connectivity index (χ2n) is 6.28. The highest BCUT2D eigenvalue weighted by Gasteiger charge is 2.38. The van der Waals surface area contributed by atoms with Crippen LogP contribution < -0.4 is 10.6 Å². The van der Waals surface area contributed by atoms with E-state index in [1.165, 1.54) is 25.7 Å². The van der Waals surface area contributed by atoms with Gasteiger partial charge in [-0.05, 0) is 58.0 Å². The van der Waals surface area contributed by atoms with E-state index < -0.39 is 0 Å². The molecule has 2 bridgehead atoms. The van der Waals surface area contributed by atoms with Gasteiger partial charge in [0.1, 0.15) is 0 Å². The molecule has 18 heavy (non-hydrogen) atoms. The molecule has 0 spiro atoms. The van der Waals surface area contributed by atoms with E-state index in [0.717, 1.165) is 38.0 Å². The van der Waals surface area contributed by atoms with Crippen LogP contribution in [0.25, 0.3) is 0 Å². The van der Waals surface area contributed by atoms with Crippen LogP contribution in [0, 0.1) is 5.92 Å². The number of nitrogens with zero attached hydrogens (tertiary/aromatic N) is 1. The van der Waals surface area contributed by atoms with Crippen molar-refractivity contribution < 1.29 is 4.79 Å². The van der Waals surface area contributed by atoms with Gasteiger partial charge in [-0.2, -0.15) is 0 Å². The summed E-state index contributed by atoms with van der Waals surface area (Å²) in [6.45, 7) is 1.88. The minimum atomic E-state index is 0.0768. The van der Waals surface area contributed by atoms with E-state index in [1.807, 2.05) is 0 Å². The van der Waals surface area contributed by atoms with Gasteiger partial charge in [0, 0.05) is 18.6 Å². The lowest BCUT2D eigenvalue weighted by atomic mass is 9.91. The number of piperidine rings is 1. The minimum absolute atomic E-state index is 0.0768. The molecule has 2 unspecified atom stereocenters. The van der Waals surface area contributed by atoms with Gasteiger partial charge in [0.2, 0.25) is 5.91 Å². The largest absolute Gasteiger partial charge is 0.354 e. The highest BCUT2D eigenvalue weighted by Crippen LogP contribution is 2.36. The molecule has 0 saturated carbocycles. The molecule has 3 heterocycles. The molecule has 3 saturated heterocycles. The molecule has 0 aromatic carbocycles. The Kier molecular flexibility index (Phi) is 3.57. The van der Waals surface area contributed by atoms with Gasteiger partial charge in [0.15, 0.2) is 0 Å². The highest BCUT2D eigenvalue weighted by molar-refractivity contribution is 5.81. The fraction of sp³-hybridized carbons (Fsp3) is 0.929. The minimum Gasteiger partial charge on any atom is -0.354 e. The zero-order valence-electron chi connectivity index (χ0n) is 11.3. The molecule has 2 N–H and O–H groups in total. The Bertz CT molecular complexity index is 300. The zero-order chi connectivity index (χ0) is 12.5. The normalized spacial score (nSPS) is 40.1. The van der Waals surface area contributed by atoms with Crippen molar-refractivity contribution in [2.24, 2.45) is 5.92 Å². The molecule has 3 aliphatic rings. The maximum absolute atomic E-state index is 11.9. The highest BCUT2D eigenvalue weighted by atomic mass is 16.2. The topological polar surface area (TPSA) is 44.4 Å². The number of nitrogens with one attached hydrogen (secondary N) is 2. The predicted molar refractivity (Wildman–Crippen MR) is 71.3 cm³/mol. The maximum atomic E-state index is 11.9. The van der Waals surface area contributed by atoms with Crippen LogP contribution in [0.3, 0.4) is 0 Å². The third kappa shape index (κ3) is 2.41. The molecule has 4 nitrogen and oxygen atoms in total. The number of fused-ring (bicyclic) bond motifs is 2. The van der Waals surface area contributed by atoms with Crippen molar-refractivity contribution >= 4 is 5.91 Å². The van der Waals surface area contributed by atoms with Crippen LogP contribution >= 0.6 is 0 Å². The molecular weight excluding hydrogens is 226 g/mol. The monoisotopic (exact) mass is 251 g/mol. The molecule has 0 aromatic rings. The van der Waals surface area contributed by atoms with Crippen LogP contribution in [0.15, 0.2) is 0 Å². The third-order valence-corrected chi connectivity index (χ3v) is 5.14. The van der Waals surface area contributed by atoms with Crippen molar-refractivity contribution in [3.63, 3.8) is 0 Å². The molecule has 3 aliphatic heterocycles. The number of hydrogen-bond donors (Lipinski definition) is 2. The molecular formula is C14H25N3O. The van der Waals surface area contributed by atoms with Crippen molar-refractivity contribution in [1.29, 1.82) is 0 Å². The van der Waals surface area contributed by atoms with Crippen LogP contribution in [0.1, 0.15) is 38.5 Å². The summed E-state index contributed by atoms with van der Waals surface area (Å²) in [5.74, 6) is 0.919. The number of amides is 1. The molecule has 0 aromatic heterocycles. The summed E-state index contributed by atoms with van der Waals surface area (Å²) in [4.78, 5) is 14.5. The summed E-state index contributed by atoms with van der Waals surface area (Å²) in [6, 6.07) is 1.62. The van der Waals surface area contributed by atoms with E-state index in [0.29, 0.717) is 5.92 Å². The van der Waals surface area contributed by atoms with Crippen LogP contribution in [0.4, 0.5) is 0 Å². The summed E-state index contributed by atoms with van der Waals surface area (Å²) in [5.41, 5.74) is 0. The fourth-order valence-electron chi connectivity index (χ4n) is 3.97. The van der Waals surface area contributed by atoms with Gasteiger partial charge in [-0.25, -0.2) is 0 Å². The second-order valence-corrected chi connectivity index (χ2v) is 6.28. The van der Waals surface area contributed by atoms with Crippen LogP contribution in [0.5, 0.6) is 0 Å². The van der Waals surface area contributed by atoms with Gasteiger partial charge in [0.25, 0.3) is 0 Å². The Labute approximate surface area is 109 Å². The van der Waals surface area contributed by atoms with E-state index in [-0.39, 0.29) is 11.9 Å². The first kappa shape index (κ1) is 12.4. The quantitative estimate of drug-likeness (QED) is 0.777. The Morgan fingerprint density at radius 2 is 2.00 bits per heavy atom. The fourth-order valence-corrected chi connectivity index (χ4v) is 3.97. The molecule has 0 radical (unpaired) electrons. The zero-order valence-corrected chi connectivity index (χ0v) is 11.3. The van der Waals surface area contributed by atoms with E-state index >= 15 is 0 Å². The van der Waals surface area contributed by atoms with Crippen molar-refractivity contribution in [2.75, 3.05) is 20.1 Å². The molecule has 3 fully saturated rings. The van der Waals surface area contributed by atoms with Gasteiger partial charge in [0.05, 0.1) is 6.04 Å². The number of carbonyl (C=O) groups is 1. The van der Waals surface area contributed by atoms with E-state index in [2.05, 4.69) is 22.6 Å². The van der Waals surface area contributed by atoms with Crippen LogP contribution in [-0.2, 0) is 4.79 Å². The van der Waals surface area contributed by atoms with E-state index in [1.54, 1.807) is 0 Å². The van der Waals surface area contributed by atoms with Crippen LogP contribution in [0.2, 0.25) is 0 Å². The average Bonchev–Trinajstić information content (AvgIpc) is 2.94. The molecule has 1 amide bonds. The lowest BCUT2D eigenvalue weighted by molar-refractivity contribution is -0.123. The SMILES string of the molecule is CN1C2CCC1CC(CNC(=O)[C@@H]1CCCN1)C2. The average molecular weight is 251 g/mol. The Morgan fingerprint density at radius 1 is 1.28 bits per heavy atom. The summed E-state index contributed by atoms with van der Waals surface area (Å²) in [5, 5.41) is 6.42. The van der Waals surface area contributed by atoms with E-state index in [9.17, 15) is 4.79 Å². The van der Waals surface area contributed by atoms with Gasteiger partial charge >= 0.3 is 0 Å². The number of hydrogen-bond acceptors (Lipinski definition) is 3. The Balaban J connectivity index is 1.45. The lowest BCUT2D eigenvalue weighted by Crippen LogP contribution is -2.46. The number of rotatable bonds is 3. The summed E-state index contributed by atoms with van der Waals surface area (Å²) < 4.78 is 0. The number of carbonyl (C=O) groups excluding carboxylic acids is 1. The van der Waals surface area contributed by atoms with Gasteiger partial charge < -0.3 is 15.5 Å². The van der Waals surface area contributed by atoms with Crippen LogP contribution in [-0.4, -0.2) is 49.1 Å². The molecule has 3 atom stereocenters. The lowest BCUT2D eigenvalue weighted by Gasteiger charge is -2.36. The van der Waals surface area contributed by atoms with Gasteiger partial charge in [-0.15, -0.1) is 0 Å². The molecule has 3 rings (SSSR count). The summed E-state index contributed by atoms with van der Waals surface area (Å²) in [6.07, 6.45) is 7.39. The maximum Gasteiger partial charge on any atom is 0.237 e. The molecule has 4 heteroatoms.